The fraction of sp³-hybridized carbons (Fsp3) is 1.00. The highest BCUT2D eigenvalue weighted by Gasteiger charge is 1.69. The van der Waals surface area contributed by atoms with Crippen molar-refractivity contribution < 1.29 is 13.5 Å². The van der Waals surface area contributed by atoms with Gasteiger partial charge in [0, 0.05) is 0 Å². The Morgan fingerprint density at radius 2 is 2.60 bits per heavy atom. The molecule has 0 atom stereocenters. The van der Waals surface area contributed by atoms with Crippen LogP contribution < -0.4 is 0 Å². The summed E-state index contributed by atoms with van der Waals surface area (Å²) in [6, 6.07) is 0. The van der Waals surface area contributed by atoms with Crippen LogP contribution in [-0.4, -0.2) is 6.86 Å². The van der Waals surface area contributed by atoms with Gasteiger partial charge in [-0.1, -0.05) is 0 Å². The van der Waals surface area contributed by atoms with Crippen molar-refractivity contribution >= 4 is 8.69 Å². The van der Waals surface area contributed by atoms with Crippen molar-refractivity contribution in [3.05, 3.63) is 0 Å². The molecule has 0 bridgehead atoms. The minimum Gasteiger partial charge on any atom is -0.261 e. The third-order valence-electron chi connectivity index (χ3n) is 0.101. The van der Waals surface area contributed by atoms with Gasteiger partial charge in [0.15, 0.2) is 0 Å². The molecular weight excluding hydrogens is 94.0 g/mol. The largest absolute Gasteiger partial charge is 0.329 e. The highest BCUT2D eigenvalue weighted by atomic mass is 31.1. The molecule has 0 N–H and O–H groups in total. The lowest BCUT2D eigenvalue weighted by Crippen LogP contribution is -1.62. The summed E-state index contributed by atoms with van der Waals surface area (Å²) in [5.41, 5.74) is 0. The van der Waals surface area contributed by atoms with Gasteiger partial charge in [-0.2, -0.15) is 0 Å². The normalized spacial score (nSPS) is 9.00. The molecule has 0 spiro atoms. The van der Waals surface area contributed by atoms with Crippen LogP contribution in [0.5, 0.6) is 0 Å². The number of alkyl halides is 1. The molecule has 0 saturated carbocycles. The van der Waals surface area contributed by atoms with Crippen LogP contribution in [0.3, 0.4) is 0 Å². The molecule has 0 rings (SSSR count). The first-order valence-corrected chi connectivity index (χ1v) is 1.65. The summed E-state index contributed by atoms with van der Waals surface area (Å²) in [6.07, 6.45) is 0. The average Bonchev–Trinajstić information content (AvgIpc) is 1.41. The van der Waals surface area contributed by atoms with Gasteiger partial charge in [0.05, 0.1) is 0 Å². The zero-order valence-electron chi connectivity index (χ0n) is 2.35. The first-order valence-electron chi connectivity index (χ1n) is 0.921. The van der Waals surface area contributed by atoms with Crippen molar-refractivity contribution in [2.24, 2.45) is 0 Å². The Morgan fingerprint density at radius 3 is 2.60 bits per heavy atom. The molecule has 5 heavy (non-hydrogen) atoms. The van der Waals surface area contributed by atoms with Crippen molar-refractivity contribution in [2.45, 2.75) is 0 Å². The lowest BCUT2D eigenvalue weighted by Gasteiger charge is -1.69. The lowest BCUT2D eigenvalue weighted by atomic mass is 11.6. The third kappa shape index (κ3) is 3.99. The number of halogens is 1. The number of hydrogen-bond donors (Lipinski definition) is 0. The van der Waals surface area contributed by atoms with Crippen molar-refractivity contribution in [3.8, 4) is 0 Å². The lowest BCUT2D eigenvalue weighted by molar-refractivity contribution is 0.210. The zero-order valence-corrected chi connectivity index (χ0v) is 3.24. The molecule has 4 heteroatoms. The second-order valence-corrected chi connectivity index (χ2v) is 0.720. The molecular formula is CH2FO2P. The molecule has 0 aliphatic carbocycles. The molecule has 0 saturated heterocycles. The standard InChI is InChI=1S/CH2FO2P/c2-1-4-5-3/h1H2. The summed E-state index contributed by atoms with van der Waals surface area (Å²) < 4.78 is 23.2. The highest BCUT2D eigenvalue weighted by Crippen LogP contribution is 1.90. The first-order chi connectivity index (χ1) is 2.41. The van der Waals surface area contributed by atoms with E-state index in [4.69, 9.17) is 4.57 Å². The molecule has 0 heterocycles. The second kappa shape index (κ2) is 3.99. The molecule has 0 unspecified atom stereocenters. The minimum absolute atomic E-state index is 0.595. The van der Waals surface area contributed by atoms with Gasteiger partial charge in [0.1, 0.15) is 0 Å². The van der Waals surface area contributed by atoms with Crippen molar-refractivity contribution in [3.63, 3.8) is 0 Å². The Bertz CT molecular complexity index is 30.8. The predicted molar refractivity (Wildman–Crippen MR) is 14.7 cm³/mol. The van der Waals surface area contributed by atoms with Gasteiger partial charge in [0.25, 0.3) is 0 Å². The van der Waals surface area contributed by atoms with Crippen LogP contribution in [-0.2, 0) is 9.09 Å². The van der Waals surface area contributed by atoms with E-state index in [0.717, 1.165) is 0 Å². The van der Waals surface area contributed by atoms with Crippen LogP contribution in [0.15, 0.2) is 0 Å². The monoisotopic (exact) mass is 96.0 g/mol. The zero-order chi connectivity index (χ0) is 4.12. The maximum atomic E-state index is 10.6. The quantitative estimate of drug-likeness (QED) is 0.481. The van der Waals surface area contributed by atoms with Crippen LogP contribution in [0.2, 0.25) is 0 Å². The molecule has 0 aromatic heterocycles. The van der Waals surface area contributed by atoms with E-state index < -0.39 is 15.5 Å². The van der Waals surface area contributed by atoms with Crippen LogP contribution >= 0.6 is 8.69 Å². The minimum atomic E-state index is -0.981. The predicted octanol–water partition coefficient (Wildman–Crippen LogP) is 1.14. The van der Waals surface area contributed by atoms with E-state index in [-0.39, 0.29) is 0 Å². The summed E-state index contributed by atoms with van der Waals surface area (Å²) >= 11 is 0. The van der Waals surface area contributed by atoms with Crippen molar-refractivity contribution in [2.75, 3.05) is 6.86 Å². The molecule has 0 fully saturated rings. The Hall–Kier alpha value is -0.0100. The van der Waals surface area contributed by atoms with Crippen LogP contribution in [0.1, 0.15) is 0 Å². The molecule has 0 aromatic carbocycles. The number of hydrogen-bond acceptors (Lipinski definition) is 2. The summed E-state index contributed by atoms with van der Waals surface area (Å²) in [5, 5.41) is 0. The van der Waals surface area contributed by atoms with E-state index in [1.807, 2.05) is 0 Å². The highest BCUT2D eigenvalue weighted by molar-refractivity contribution is 7.17. The van der Waals surface area contributed by atoms with E-state index in [1.54, 1.807) is 0 Å². The van der Waals surface area contributed by atoms with Crippen LogP contribution in [0.25, 0.3) is 0 Å². The Labute approximate surface area is 30.2 Å². The van der Waals surface area contributed by atoms with Gasteiger partial charge in [-0.15, -0.1) is 0 Å². The van der Waals surface area contributed by atoms with Crippen LogP contribution in [0.4, 0.5) is 4.39 Å². The fourth-order valence-electron chi connectivity index (χ4n) is 0.0199. The molecule has 0 aliphatic rings. The van der Waals surface area contributed by atoms with E-state index in [9.17, 15) is 4.39 Å². The van der Waals surface area contributed by atoms with E-state index in [0.29, 0.717) is 0 Å². The van der Waals surface area contributed by atoms with Gasteiger partial charge in [0.2, 0.25) is 6.86 Å². The van der Waals surface area contributed by atoms with Gasteiger partial charge in [-0.25, -0.2) is 8.96 Å². The molecule has 0 radical (unpaired) electrons. The topological polar surface area (TPSA) is 26.3 Å². The number of rotatable bonds is 2. The molecule has 0 aromatic rings. The van der Waals surface area contributed by atoms with Crippen LogP contribution in [0, 0.1) is 0 Å². The Morgan fingerprint density at radius 1 is 2.00 bits per heavy atom. The maximum Gasteiger partial charge on any atom is 0.329 e. The van der Waals surface area contributed by atoms with E-state index >= 15 is 0 Å². The third-order valence-corrected chi connectivity index (χ3v) is 0.304. The summed E-state index contributed by atoms with van der Waals surface area (Å²) in [4.78, 5) is 0. The maximum absolute atomic E-state index is 10.6. The van der Waals surface area contributed by atoms with Gasteiger partial charge in [-0.05, 0) is 0 Å². The summed E-state index contributed by atoms with van der Waals surface area (Å²) in [5.74, 6) is 0. The molecule has 0 aliphatic heterocycles. The second-order valence-electron chi connectivity index (χ2n) is 0.313. The summed E-state index contributed by atoms with van der Waals surface area (Å²) in [7, 11) is -0.595. The van der Waals surface area contributed by atoms with Crippen molar-refractivity contribution in [1.29, 1.82) is 0 Å². The molecule has 30 valence electrons. The SMILES string of the molecule is O=POCF. The van der Waals surface area contributed by atoms with E-state index in [2.05, 4.69) is 4.52 Å². The van der Waals surface area contributed by atoms with Gasteiger partial charge >= 0.3 is 8.69 Å². The van der Waals surface area contributed by atoms with Gasteiger partial charge < -0.3 is 0 Å². The molecule has 0 amide bonds. The van der Waals surface area contributed by atoms with Crippen molar-refractivity contribution in [1.82, 2.24) is 0 Å². The molecule has 2 nitrogen and oxygen atoms in total. The van der Waals surface area contributed by atoms with Gasteiger partial charge in [-0.3, -0.25) is 4.52 Å². The van der Waals surface area contributed by atoms with E-state index in [1.165, 1.54) is 0 Å². The fourth-order valence-corrected chi connectivity index (χ4v) is 0.0598. The summed E-state index contributed by atoms with van der Waals surface area (Å²) in [6.45, 7) is -0.981. The average molecular weight is 96.0 g/mol. The smallest absolute Gasteiger partial charge is 0.261 e. The Balaban J connectivity index is 2.40. The Kier molecular flexibility index (Phi) is 3.98. The first kappa shape index (κ1) is 4.99.